The van der Waals surface area contributed by atoms with Crippen LogP contribution in [0.15, 0.2) is 283 Å². The van der Waals surface area contributed by atoms with Gasteiger partial charge in [0.2, 0.25) is 0 Å². The first-order valence-corrected chi connectivity index (χ1v) is 51.6. The van der Waals surface area contributed by atoms with Gasteiger partial charge < -0.3 is 14.2 Å². The first-order valence-electron chi connectivity index (χ1n) is 51.6. The highest BCUT2D eigenvalue weighted by atomic mass is 16.6. The van der Waals surface area contributed by atoms with Gasteiger partial charge in [0.15, 0.2) is 0 Å². The van der Waals surface area contributed by atoms with Gasteiger partial charge in [-0.25, -0.2) is 0 Å². The van der Waals surface area contributed by atoms with E-state index in [1.165, 1.54) is 220 Å². The van der Waals surface area contributed by atoms with E-state index in [1.54, 1.807) is 38.5 Å². The molecule has 14 aromatic rings. The minimum absolute atomic E-state index is 0.0364. The van der Waals surface area contributed by atoms with Crippen molar-refractivity contribution in [3.8, 4) is 11.5 Å². The third-order valence-corrected chi connectivity index (χ3v) is 34.9. The van der Waals surface area contributed by atoms with Crippen LogP contribution in [-0.4, -0.2) is 83.0 Å². The number of nitro groups is 2. The van der Waals surface area contributed by atoms with Gasteiger partial charge in [0.25, 0.3) is 11.4 Å². The number of hydrogen-bond acceptors (Lipinski definition) is 15. The Bertz CT molecular complexity index is 7320. The number of unbranched alkanes of at least 4 members (excludes halogenated alkanes) is 7. The third-order valence-electron chi connectivity index (χ3n) is 34.9. The maximum Gasteiger partial charge on any atom is 0.269 e. The van der Waals surface area contributed by atoms with Gasteiger partial charge in [-0.3, -0.25) is 60.2 Å². The summed E-state index contributed by atoms with van der Waals surface area (Å²) in [6, 6.07) is 84.0. The predicted octanol–water partition coefficient (Wildman–Crippen LogP) is 34.2. The quantitative estimate of drug-likeness (QED) is 0.0251. The van der Waals surface area contributed by atoms with Crippen LogP contribution in [-0.2, 0) is 48.1 Å². The number of hydrogen-bond donors (Lipinski definition) is 0. The van der Waals surface area contributed by atoms with Crippen molar-refractivity contribution >= 4 is 167 Å². The van der Waals surface area contributed by atoms with E-state index >= 15 is 0 Å². The highest BCUT2D eigenvalue weighted by Crippen LogP contribution is 2.56. The molecule has 8 heterocycles. The van der Waals surface area contributed by atoms with Gasteiger partial charge in [-0.1, -0.05) is 253 Å². The molecule has 143 heavy (non-hydrogen) atoms. The van der Waals surface area contributed by atoms with Crippen LogP contribution in [0.5, 0.6) is 11.5 Å². The van der Waals surface area contributed by atoms with E-state index in [0.29, 0.717) is 13.2 Å². The second kappa shape index (κ2) is 38.9. The molecule has 730 valence electrons. The van der Waals surface area contributed by atoms with Crippen LogP contribution < -0.4 is 9.47 Å². The van der Waals surface area contributed by atoms with Crippen LogP contribution >= 0.6 is 0 Å². The van der Waals surface area contributed by atoms with Crippen LogP contribution in [0.25, 0.3) is 64.6 Å². The Labute approximate surface area is 841 Å². The van der Waals surface area contributed by atoms with E-state index < -0.39 is 0 Å². The first-order chi connectivity index (χ1) is 68.6. The van der Waals surface area contributed by atoms with E-state index in [0.717, 1.165) is 120 Å². The lowest BCUT2D eigenvalue weighted by Crippen LogP contribution is -2.31. The fourth-order valence-electron chi connectivity index (χ4n) is 24.6. The Hall–Kier alpha value is -13.6. The summed E-state index contributed by atoms with van der Waals surface area (Å²) < 4.78 is 17.3. The highest BCUT2D eigenvalue weighted by molar-refractivity contribution is 6.12. The third kappa shape index (κ3) is 17.8. The van der Waals surface area contributed by atoms with Crippen LogP contribution in [0.1, 0.15) is 271 Å². The van der Waals surface area contributed by atoms with E-state index in [9.17, 15) is 20.2 Å². The largest absolute Gasteiger partial charge is 0.497 e. The lowest BCUT2D eigenvalue weighted by molar-refractivity contribution is -0.385. The van der Waals surface area contributed by atoms with Gasteiger partial charge in [-0.05, 0) is 301 Å². The van der Waals surface area contributed by atoms with Gasteiger partial charge >= 0.3 is 0 Å². The average molecular weight is 1900 g/mol. The van der Waals surface area contributed by atoms with Crippen LogP contribution in [0.4, 0.5) is 56.9 Å². The number of benzene rings is 14. The van der Waals surface area contributed by atoms with Crippen molar-refractivity contribution in [3.05, 3.63) is 307 Å². The summed E-state index contributed by atoms with van der Waals surface area (Å²) in [5.74, 6) is 1.74. The van der Waals surface area contributed by atoms with E-state index in [4.69, 9.17) is 44.2 Å². The number of methoxy groups -OCH3 is 2. The molecule has 0 fully saturated rings. The zero-order chi connectivity index (χ0) is 100. The van der Waals surface area contributed by atoms with Crippen molar-refractivity contribution in [1.82, 2.24) is 0 Å². The van der Waals surface area contributed by atoms with Crippen molar-refractivity contribution in [1.29, 1.82) is 0 Å². The molecule has 22 rings (SSSR count). The molecule has 0 saturated heterocycles. The second-order valence-electron chi connectivity index (χ2n) is 43.2. The Morgan fingerprint density at radius 1 is 0.238 bits per heavy atom. The molecule has 14 aromatic carbocycles. The number of non-ortho nitro benzene ring substituents is 2. The Balaban J connectivity index is 0.000000121. The number of ether oxygens (including phenoxy) is 3. The molecule has 8 aliphatic heterocycles. The summed E-state index contributed by atoms with van der Waals surface area (Å²) in [6.45, 7) is 36.9. The summed E-state index contributed by atoms with van der Waals surface area (Å²) in [5.41, 5.74) is 27.2. The fraction of sp³-hybridized carbons (Fsp3) is 0.365. The molecule has 0 saturated carbocycles. The number of nitrogens with zero attached hydrogens (tertiary/aromatic N) is 10. The zero-order valence-electron chi connectivity index (χ0n) is 86.6. The lowest BCUT2D eigenvalue weighted by Gasteiger charge is -2.29. The number of rotatable bonds is 29. The molecule has 0 bridgehead atoms. The predicted molar refractivity (Wildman–Crippen MR) is 598 cm³/mol. The topological polar surface area (TPSA) is 213 Å². The molecular weight excluding hydrogens is 1770 g/mol. The lowest BCUT2D eigenvalue weighted by atomic mass is 9.73. The van der Waals surface area contributed by atoms with Crippen LogP contribution in [0.3, 0.4) is 0 Å². The standard InChI is InChI=1S/C34H36N2O3.2C34H36N2.C24H26N4O4/c1-21-33(3,31-27-11-9-25(37-5)19-23(27)7-13-29(31)35-21)15-17-39-18-16-34(4)22(2)36-30-14-8-24-20-26(38-6)10-12-28(24)32(30)34;1-23-33(3,31-27-15-9-7-13-25(27)17-19-29(31)35-23)21-11-5-6-12-22-34(4)24(2)36-30-20-18-26-14-8-10-16-28(26)32(30)34;1-23-33(3,29-19-25-13-7-9-15-27(25)21-31(29)35-23)17-11-5-6-12-18-34(4)24(2)36-32-22-28-16-10-8-14-26(28)20-30(32)34;1-15-23(3,19-13-17(27(29)30)7-9-21(19)25-15)11-5-6-12-24(4)16(2)26-22-10-8-18(28(31)32)14-20(22)24/h7-14,19-20H,15-18H2,1-6H3;7-10,13-20H,5-6,11-12,21-22H2,1-4H3;7-10,13-16,19-22H,5-6,11-12,17-18H2,1-4H3;7-10,13-14H,5-6,11-12H2,1-4H3. The minimum atomic E-state index is -0.367. The van der Waals surface area contributed by atoms with Gasteiger partial charge in [0.1, 0.15) is 11.5 Å². The van der Waals surface area contributed by atoms with Crippen molar-refractivity contribution in [2.24, 2.45) is 39.9 Å². The summed E-state index contributed by atoms with van der Waals surface area (Å²) >= 11 is 0. The summed E-state index contributed by atoms with van der Waals surface area (Å²) in [7, 11) is 3.42. The molecule has 0 aromatic heterocycles. The number of aliphatic imine (C=N–C) groups is 8. The normalized spacial score (nSPS) is 22.5. The summed E-state index contributed by atoms with van der Waals surface area (Å²) in [6.07, 6.45) is 19.9. The number of fused-ring (bicyclic) bond motifs is 18. The smallest absolute Gasteiger partial charge is 0.269 e. The molecule has 0 radical (unpaired) electrons. The van der Waals surface area contributed by atoms with Gasteiger partial charge in [-0.15, -0.1) is 0 Å². The van der Waals surface area contributed by atoms with Crippen LogP contribution in [0, 0.1) is 20.2 Å². The second-order valence-corrected chi connectivity index (χ2v) is 43.2. The van der Waals surface area contributed by atoms with Crippen molar-refractivity contribution in [3.63, 3.8) is 0 Å². The average Bonchev–Trinajstić information content (AvgIpc) is 1.59. The molecule has 8 aliphatic rings. The SMILES string of the molecule is CC1=Nc2cc3ccccc3cc2C1(C)CCCCCCC1(C)C(C)=Nc2cc3ccccc3cc21.CC1=Nc2ccc([N+](=O)[O-])cc2C1(C)CCCCC1(C)C(C)=Nc2ccc([N+](=O)[O-])cc21.CC1=Nc2ccc3ccccc3c2C1(C)CCCCCCC1(C)C(C)=Nc2ccc3ccccc3c21.COc1ccc2c3c(ccc2c1)N=C(C)C3(C)CCOCCC1(C)C(C)=Nc2ccc3cc(OC)ccc3c21. The molecule has 8 unspecified atom stereocenters. The minimum Gasteiger partial charge on any atom is -0.497 e. The molecular formula is C126H134N10O7. The highest BCUT2D eigenvalue weighted by Gasteiger charge is 2.46. The molecule has 0 aliphatic carbocycles. The zero-order valence-corrected chi connectivity index (χ0v) is 86.6. The Kier molecular flexibility index (Phi) is 26.7. The maximum absolute atomic E-state index is 11.2. The first kappa shape index (κ1) is 98.2. The Morgan fingerprint density at radius 3 is 0.804 bits per heavy atom. The van der Waals surface area contributed by atoms with Gasteiger partial charge in [0, 0.05) is 126 Å². The molecule has 17 nitrogen and oxygen atoms in total. The molecule has 17 heteroatoms. The van der Waals surface area contributed by atoms with Crippen molar-refractivity contribution < 1.29 is 24.1 Å². The van der Waals surface area contributed by atoms with Crippen LogP contribution in [0.2, 0.25) is 0 Å². The van der Waals surface area contributed by atoms with Crippen molar-refractivity contribution in [2.45, 2.75) is 270 Å². The van der Waals surface area contributed by atoms with E-state index in [1.807, 2.05) is 26.0 Å². The fourth-order valence-corrected chi connectivity index (χ4v) is 24.6. The van der Waals surface area contributed by atoms with E-state index in [-0.39, 0.29) is 64.5 Å². The molecule has 8 atom stereocenters. The molecule has 0 spiro atoms. The molecule has 0 N–H and O–H groups in total. The number of nitro benzene ring substituents is 2. The van der Waals surface area contributed by atoms with Gasteiger partial charge in [0.05, 0.1) is 69.6 Å². The van der Waals surface area contributed by atoms with Gasteiger partial charge in [-0.2, -0.15) is 0 Å². The van der Waals surface area contributed by atoms with E-state index in [2.05, 4.69) is 301 Å². The van der Waals surface area contributed by atoms with Crippen molar-refractivity contribution in [2.75, 3.05) is 27.4 Å². The summed E-state index contributed by atoms with van der Waals surface area (Å²) in [5, 5.41) is 37.9. The summed E-state index contributed by atoms with van der Waals surface area (Å²) in [4.78, 5) is 60.9. The maximum atomic E-state index is 11.2. The monoisotopic (exact) mass is 1900 g/mol. The Morgan fingerprint density at radius 2 is 0.483 bits per heavy atom. The molecule has 0 amide bonds.